The van der Waals surface area contributed by atoms with Gasteiger partial charge < -0.3 is 0 Å². The third-order valence-electron chi connectivity index (χ3n) is 2.76. The van der Waals surface area contributed by atoms with E-state index < -0.39 is 0 Å². The van der Waals surface area contributed by atoms with E-state index >= 15 is 0 Å². The first-order valence-electron chi connectivity index (χ1n) is 6.68. The van der Waals surface area contributed by atoms with Gasteiger partial charge in [0.1, 0.15) is 0 Å². The molecule has 0 aliphatic carbocycles. The molecule has 16 heavy (non-hydrogen) atoms. The second-order valence-electron chi connectivity index (χ2n) is 4.29. The van der Waals surface area contributed by atoms with Crippen molar-refractivity contribution in [3.63, 3.8) is 0 Å². The zero-order chi connectivity index (χ0) is 11.9. The molecule has 0 aromatic heterocycles. The second kappa shape index (κ2) is 15.7. The Morgan fingerprint density at radius 2 is 1.06 bits per heavy atom. The highest BCUT2D eigenvalue weighted by molar-refractivity contribution is 9.09. The molecule has 0 aromatic rings. The van der Waals surface area contributed by atoms with Gasteiger partial charge in [-0.05, 0) is 19.3 Å². The lowest BCUT2D eigenvalue weighted by molar-refractivity contribution is 0.567. The van der Waals surface area contributed by atoms with Gasteiger partial charge in [0.2, 0.25) is 0 Å². The van der Waals surface area contributed by atoms with E-state index in [1.165, 1.54) is 69.5 Å². The molecule has 0 saturated heterocycles. The Balaban J connectivity index is 2.90. The summed E-state index contributed by atoms with van der Waals surface area (Å²) in [6.45, 7) is 0. The zero-order valence-electron chi connectivity index (χ0n) is 10.4. The highest BCUT2D eigenvalue weighted by Gasteiger charge is 1.91. The van der Waals surface area contributed by atoms with E-state index in [-0.39, 0.29) is 0 Å². The molecule has 0 heterocycles. The summed E-state index contributed by atoms with van der Waals surface area (Å²) >= 11 is 6.86. The van der Waals surface area contributed by atoms with Crippen LogP contribution in [0.1, 0.15) is 64.2 Å². The molecule has 0 saturated carbocycles. The van der Waals surface area contributed by atoms with E-state index in [1.54, 1.807) is 0 Å². The van der Waals surface area contributed by atoms with Crippen LogP contribution in [-0.2, 0) is 0 Å². The van der Waals surface area contributed by atoms with Crippen LogP contribution in [0.15, 0.2) is 12.2 Å². The molecule has 0 bridgehead atoms. The lowest BCUT2D eigenvalue weighted by Crippen LogP contribution is -1.82. The number of hydrogen-bond donors (Lipinski definition) is 0. The van der Waals surface area contributed by atoms with Crippen LogP contribution in [0.5, 0.6) is 0 Å². The summed E-state index contributed by atoms with van der Waals surface area (Å²) in [5.74, 6) is 0. The van der Waals surface area contributed by atoms with Gasteiger partial charge in [0.05, 0.1) is 0 Å². The highest BCUT2D eigenvalue weighted by atomic mass is 79.9. The molecular weight excluding hydrogens is 328 g/mol. The van der Waals surface area contributed by atoms with Crippen molar-refractivity contribution in [2.75, 3.05) is 10.7 Å². The van der Waals surface area contributed by atoms with E-state index in [0.29, 0.717) is 0 Å². The van der Waals surface area contributed by atoms with Crippen molar-refractivity contribution >= 4 is 31.9 Å². The Bertz CT molecular complexity index is 144. The fourth-order valence-electron chi connectivity index (χ4n) is 1.77. The first-order valence-corrected chi connectivity index (χ1v) is 8.93. The molecule has 0 amide bonds. The minimum atomic E-state index is 1.00. The first-order chi connectivity index (χ1) is 7.91. The van der Waals surface area contributed by atoms with Gasteiger partial charge in [-0.1, -0.05) is 89.0 Å². The number of halogens is 2. The van der Waals surface area contributed by atoms with E-state index in [1.807, 2.05) is 0 Å². The number of alkyl halides is 2. The molecule has 0 aliphatic heterocycles. The van der Waals surface area contributed by atoms with Gasteiger partial charge in [-0.2, -0.15) is 0 Å². The quantitative estimate of drug-likeness (QED) is 0.221. The minimum absolute atomic E-state index is 1.00. The van der Waals surface area contributed by atoms with Crippen molar-refractivity contribution in [1.29, 1.82) is 0 Å². The van der Waals surface area contributed by atoms with Crippen LogP contribution in [0, 0.1) is 0 Å². The van der Waals surface area contributed by atoms with E-state index in [4.69, 9.17) is 0 Å². The Hall–Kier alpha value is 0.700. The molecule has 0 aromatic carbocycles. The summed E-state index contributed by atoms with van der Waals surface area (Å²) in [5, 5.41) is 2.18. The Labute approximate surface area is 119 Å². The van der Waals surface area contributed by atoms with Crippen molar-refractivity contribution in [2.24, 2.45) is 0 Å². The van der Waals surface area contributed by atoms with Gasteiger partial charge >= 0.3 is 0 Å². The molecule has 0 nitrogen and oxygen atoms in total. The van der Waals surface area contributed by atoms with Crippen LogP contribution in [-0.4, -0.2) is 10.7 Å². The molecule has 0 aliphatic rings. The van der Waals surface area contributed by atoms with Crippen molar-refractivity contribution in [3.05, 3.63) is 12.2 Å². The number of hydrogen-bond acceptors (Lipinski definition) is 0. The average molecular weight is 354 g/mol. The summed E-state index contributed by atoms with van der Waals surface area (Å²) in [6.07, 6.45) is 18.5. The molecule has 96 valence electrons. The van der Waals surface area contributed by atoms with Crippen molar-refractivity contribution in [3.8, 4) is 0 Å². The van der Waals surface area contributed by atoms with Gasteiger partial charge in [-0.25, -0.2) is 0 Å². The van der Waals surface area contributed by atoms with Crippen LogP contribution in [0.3, 0.4) is 0 Å². The van der Waals surface area contributed by atoms with Crippen LogP contribution in [0.4, 0.5) is 0 Å². The van der Waals surface area contributed by atoms with Gasteiger partial charge in [-0.15, -0.1) is 0 Å². The lowest BCUT2D eigenvalue weighted by Gasteiger charge is -2.00. The molecule has 2 heteroatoms. The average Bonchev–Trinajstić information content (AvgIpc) is 2.31. The number of unbranched alkanes of at least 4 members (excludes halogenated alkanes) is 9. The molecule has 0 spiro atoms. The zero-order valence-corrected chi connectivity index (χ0v) is 13.6. The summed E-state index contributed by atoms with van der Waals surface area (Å²) in [4.78, 5) is 0. The molecular formula is C14H26Br2. The molecule has 0 fully saturated rings. The summed E-state index contributed by atoms with van der Waals surface area (Å²) in [6, 6.07) is 0. The fraction of sp³-hybridized carbons (Fsp3) is 0.857. The number of rotatable bonds is 12. The Kier molecular flexibility index (Phi) is 16.4. The molecule has 0 unspecified atom stereocenters. The third-order valence-corrected chi connectivity index (χ3v) is 3.69. The maximum absolute atomic E-state index is 3.47. The van der Waals surface area contributed by atoms with Crippen LogP contribution >= 0.6 is 31.9 Å². The predicted octanol–water partition coefficient (Wildman–Crippen LogP) is 6.23. The Morgan fingerprint density at radius 1 is 0.562 bits per heavy atom. The van der Waals surface area contributed by atoms with Gasteiger partial charge in [0.15, 0.2) is 0 Å². The van der Waals surface area contributed by atoms with Gasteiger partial charge in [0, 0.05) is 10.7 Å². The predicted molar refractivity (Wildman–Crippen MR) is 82.9 cm³/mol. The maximum atomic E-state index is 3.47. The normalized spacial score (nSPS) is 11.4. The fourth-order valence-corrected chi connectivity index (χ4v) is 2.44. The minimum Gasteiger partial charge on any atom is -0.0928 e. The molecule has 0 N–H and O–H groups in total. The van der Waals surface area contributed by atoms with Crippen molar-refractivity contribution < 1.29 is 0 Å². The second-order valence-corrected chi connectivity index (χ2v) is 5.73. The third kappa shape index (κ3) is 14.7. The van der Waals surface area contributed by atoms with Crippen LogP contribution in [0.2, 0.25) is 0 Å². The van der Waals surface area contributed by atoms with Crippen molar-refractivity contribution in [1.82, 2.24) is 0 Å². The Morgan fingerprint density at radius 3 is 1.56 bits per heavy atom. The SMILES string of the molecule is BrCC=CCCCCCCCCCCCBr. The van der Waals surface area contributed by atoms with E-state index in [0.717, 1.165) is 5.33 Å². The summed E-state index contributed by atoms with van der Waals surface area (Å²) < 4.78 is 0. The van der Waals surface area contributed by atoms with Crippen LogP contribution in [0.25, 0.3) is 0 Å². The highest BCUT2D eigenvalue weighted by Crippen LogP contribution is 2.11. The molecule has 0 radical (unpaired) electrons. The smallest absolute Gasteiger partial charge is 0.0212 e. The first kappa shape index (κ1) is 16.7. The topological polar surface area (TPSA) is 0 Å². The summed E-state index contributed by atoms with van der Waals surface area (Å²) in [7, 11) is 0. The van der Waals surface area contributed by atoms with Gasteiger partial charge in [0.25, 0.3) is 0 Å². The largest absolute Gasteiger partial charge is 0.0928 e. The summed E-state index contributed by atoms with van der Waals surface area (Å²) in [5.41, 5.74) is 0. The lowest BCUT2D eigenvalue weighted by atomic mass is 10.1. The number of allylic oxidation sites excluding steroid dienone is 2. The molecule has 0 rings (SSSR count). The van der Waals surface area contributed by atoms with E-state index in [9.17, 15) is 0 Å². The van der Waals surface area contributed by atoms with Crippen LogP contribution < -0.4 is 0 Å². The van der Waals surface area contributed by atoms with Gasteiger partial charge in [-0.3, -0.25) is 0 Å². The van der Waals surface area contributed by atoms with E-state index in [2.05, 4.69) is 44.0 Å². The monoisotopic (exact) mass is 352 g/mol. The maximum Gasteiger partial charge on any atom is 0.0212 e. The molecule has 0 atom stereocenters. The van der Waals surface area contributed by atoms with Crippen molar-refractivity contribution in [2.45, 2.75) is 64.2 Å². The standard InChI is InChI=1S/C14H26Br2/c15-13-11-9-7-5-3-1-2-4-6-8-10-12-14-16/h9,11H,1-8,10,12-14H2.